The van der Waals surface area contributed by atoms with Gasteiger partial charge in [0.2, 0.25) is 0 Å². The van der Waals surface area contributed by atoms with Crippen LogP contribution in [0.2, 0.25) is 0 Å². The largest absolute Gasteiger partial charge is 0.459 e. The molecule has 162 valence electrons. The number of anilines is 2. The van der Waals surface area contributed by atoms with Crippen LogP contribution in [0, 0.1) is 0 Å². The maximum Gasteiger partial charge on any atom is 0.459 e. The molecule has 30 heavy (non-hydrogen) atoms. The Bertz CT molecular complexity index is 930. The van der Waals surface area contributed by atoms with Gasteiger partial charge in [-0.15, -0.1) is 0 Å². The standard InChI is InChI=1S/C17H13F7N4O2/c18-15(19,16(20,21)17(22,23)24)8-27-13(29)9-5-6-12(26-7-9)14(30)28-11-4-2-1-3-10(11)25/h1-7H,8,25H2,(H,27,29)(H,28,30). The fraction of sp³-hybridized carbons (Fsp3) is 0.235. The molecule has 0 bridgehead atoms. The van der Waals surface area contributed by atoms with Gasteiger partial charge in [0, 0.05) is 6.20 Å². The Hall–Kier alpha value is -3.38. The normalized spacial score (nSPS) is 12.4. The van der Waals surface area contributed by atoms with Gasteiger partial charge >= 0.3 is 18.0 Å². The first-order valence-electron chi connectivity index (χ1n) is 7.99. The zero-order chi connectivity index (χ0) is 22.7. The molecule has 1 heterocycles. The van der Waals surface area contributed by atoms with Gasteiger partial charge in [0.25, 0.3) is 11.8 Å². The number of hydrogen-bond acceptors (Lipinski definition) is 4. The van der Waals surface area contributed by atoms with Crippen LogP contribution in [0.5, 0.6) is 0 Å². The van der Waals surface area contributed by atoms with Crippen LogP contribution < -0.4 is 16.4 Å². The Kier molecular flexibility index (Phi) is 6.23. The molecule has 2 rings (SSSR count). The zero-order valence-corrected chi connectivity index (χ0v) is 14.7. The third kappa shape index (κ3) is 4.78. The van der Waals surface area contributed by atoms with Crippen molar-refractivity contribution >= 4 is 23.2 Å². The Morgan fingerprint density at radius 1 is 0.933 bits per heavy atom. The highest BCUT2D eigenvalue weighted by Crippen LogP contribution is 2.46. The number of nitrogen functional groups attached to an aromatic ring is 1. The predicted molar refractivity (Wildman–Crippen MR) is 91.3 cm³/mol. The molecule has 2 amide bonds. The average molecular weight is 438 g/mol. The summed E-state index contributed by atoms with van der Waals surface area (Å²) in [4.78, 5) is 27.5. The van der Waals surface area contributed by atoms with E-state index in [0.717, 1.165) is 18.3 Å². The second kappa shape index (κ2) is 8.16. The van der Waals surface area contributed by atoms with Crippen LogP contribution in [0.25, 0.3) is 0 Å². The van der Waals surface area contributed by atoms with Gasteiger partial charge in [0.15, 0.2) is 0 Å². The zero-order valence-electron chi connectivity index (χ0n) is 14.7. The van der Waals surface area contributed by atoms with Crippen LogP contribution >= 0.6 is 0 Å². The van der Waals surface area contributed by atoms with E-state index in [1.165, 1.54) is 17.4 Å². The molecule has 0 fully saturated rings. The number of alkyl halides is 7. The molecule has 4 N–H and O–H groups in total. The molecule has 0 saturated heterocycles. The molecular formula is C17H13F7N4O2. The molecule has 0 saturated carbocycles. The van der Waals surface area contributed by atoms with Crippen molar-refractivity contribution in [2.24, 2.45) is 0 Å². The number of nitrogens with one attached hydrogen (secondary N) is 2. The number of benzene rings is 1. The number of aromatic nitrogens is 1. The molecule has 0 aliphatic rings. The van der Waals surface area contributed by atoms with Gasteiger partial charge in [-0.05, 0) is 24.3 Å². The highest BCUT2D eigenvalue weighted by molar-refractivity contribution is 6.04. The lowest BCUT2D eigenvalue weighted by Gasteiger charge is -2.28. The molecule has 1 aromatic carbocycles. The summed E-state index contributed by atoms with van der Waals surface area (Å²) in [6, 6.07) is 8.23. The lowest BCUT2D eigenvalue weighted by Crippen LogP contribution is -2.56. The molecule has 0 radical (unpaired) electrons. The van der Waals surface area contributed by atoms with Crippen LogP contribution in [0.3, 0.4) is 0 Å². The van der Waals surface area contributed by atoms with Crippen molar-refractivity contribution in [3.63, 3.8) is 0 Å². The lowest BCUT2D eigenvalue weighted by atomic mass is 10.1. The third-order valence-corrected chi connectivity index (χ3v) is 3.75. The van der Waals surface area contributed by atoms with Gasteiger partial charge in [-0.1, -0.05) is 12.1 Å². The smallest absolute Gasteiger partial charge is 0.397 e. The van der Waals surface area contributed by atoms with Crippen LogP contribution in [0.1, 0.15) is 20.8 Å². The van der Waals surface area contributed by atoms with Crippen molar-refractivity contribution in [3.8, 4) is 0 Å². The lowest BCUT2D eigenvalue weighted by molar-refractivity contribution is -0.352. The first-order chi connectivity index (χ1) is 13.8. The number of carbonyl (C=O) groups excluding carboxylic acids is 2. The molecular weight excluding hydrogens is 425 g/mol. The Morgan fingerprint density at radius 2 is 1.57 bits per heavy atom. The summed E-state index contributed by atoms with van der Waals surface area (Å²) in [6.07, 6.45) is -5.74. The summed E-state index contributed by atoms with van der Waals surface area (Å²) < 4.78 is 88.3. The second-order valence-corrected chi connectivity index (χ2v) is 5.93. The highest BCUT2D eigenvalue weighted by atomic mass is 19.4. The van der Waals surface area contributed by atoms with E-state index in [9.17, 15) is 40.3 Å². The van der Waals surface area contributed by atoms with Gasteiger partial charge < -0.3 is 16.4 Å². The van der Waals surface area contributed by atoms with Gasteiger partial charge in [-0.25, -0.2) is 0 Å². The molecule has 2 aromatic rings. The molecule has 1 aromatic heterocycles. The molecule has 0 aliphatic carbocycles. The number of carbonyl (C=O) groups is 2. The molecule has 0 unspecified atom stereocenters. The van der Waals surface area contributed by atoms with Crippen molar-refractivity contribution in [2.75, 3.05) is 17.6 Å². The topological polar surface area (TPSA) is 97.1 Å². The van der Waals surface area contributed by atoms with E-state index in [-0.39, 0.29) is 17.1 Å². The number of para-hydroxylation sites is 2. The minimum absolute atomic E-state index is 0.205. The number of nitrogens with zero attached hydrogens (tertiary/aromatic N) is 1. The predicted octanol–water partition coefficient (Wildman–Crippen LogP) is 3.48. The summed E-state index contributed by atoms with van der Waals surface area (Å²) in [5.41, 5.74) is 5.55. The van der Waals surface area contributed by atoms with Crippen LogP contribution in [0.4, 0.5) is 42.1 Å². The summed E-state index contributed by atoms with van der Waals surface area (Å²) in [7, 11) is 0. The van der Waals surface area contributed by atoms with Crippen LogP contribution in [-0.4, -0.2) is 41.4 Å². The minimum Gasteiger partial charge on any atom is -0.397 e. The maximum atomic E-state index is 13.2. The van der Waals surface area contributed by atoms with Crippen molar-refractivity contribution in [1.82, 2.24) is 10.3 Å². The Labute approximate surface area is 164 Å². The van der Waals surface area contributed by atoms with Crippen molar-refractivity contribution in [1.29, 1.82) is 0 Å². The van der Waals surface area contributed by atoms with E-state index in [2.05, 4.69) is 10.3 Å². The van der Waals surface area contributed by atoms with E-state index in [4.69, 9.17) is 5.73 Å². The molecule has 0 aliphatic heterocycles. The Morgan fingerprint density at radius 3 is 2.10 bits per heavy atom. The number of halogens is 7. The van der Waals surface area contributed by atoms with Crippen LogP contribution in [-0.2, 0) is 0 Å². The van der Waals surface area contributed by atoms with E-state index >= 15 is 0 Å². The molecule has 0 atom stereocenters. The Balaban J connectivity index is 2.03. The quantitative estimate of drug-likeness (QED) is 0.475. The molecule has 13 heteroatoms. The van der Waals surface area contributed by atoms with Gasteiger partial charge in [0.05, 0.1) is 23.5 Å². The fourth-order valence-electron chi connectivity index (χ4n) is 2.07. The van der Waals surface area contributed by atoms with Crippen molar-refractivity contribution < 1.29 is 40.3 Å². The highest BCUT2D eigenvalue weighted by Gasteiger charge is 2.72. The fourth-order valence-corrected chi connectivity index (χ4v) is 2.07. The second-order valence-electron chi connectivity index (χ2n) is 5.93. The molecule has 6 nitrogen and oxygen atoms in total. The van der Waals surface area contributed by atoms with Gasteiger partial charge in [-0.2, -0.15) is 30.7 Å². The maximum absolute atomic E-state index is 13.2. The van der Waals surface area contributed by atoms with Crippen molar-refractivity contribution in [2.45, 2.75) is 18.0 Å². The number of pyridine rings is 1. The van der Waals surface area contributed by atoms with E-state index in [1.54, 1.807) is 12.1 Å². The number of hydrogen-bond donors (Lipinski definition) is 3. The minimum atomic E-state index is -6.50. The number of nitrogens with two attached hydrogens (primary N) is 1. The summed E-state index contributed by atoms with van der Waals surface area (Å²) >= 11 is 0. The average Bonchev–Trinajstić information content (AvgIpc) is 2.67. The van der Waals surface area contributed by atoms with Gasteiger partial charge in [-0.3, -0.25) is 14.6 Å². The van der Waals surface area contributed by atoms with E-state index in [0.29, 0.717) is 0 Å². The number of amides is 2. The van der Waals surface area contributed by atoms with E-state index < -0.39 is 41.9 Å². The van der Waals surface area contributed by atoms with E-state index in [1.807, 2.05) is 0 Å². The first-order valence-corrected chi connectivity index (χ1v) is 7.99. The van der Waals surface area contributed by atoms with Crippen LogP contribution in [0.15, 0.2) is 42.6 Å². The summed E-state index contributed by atoms with van der Waals surface area (Å²) in [5.74, 6) is -14.0. The first kappa shape index (κ1) is 22.9. The summed E-state index contributed by atoms with van der Waals surface area (Å²) in [5, 5.41) is 3.72. The van der Waals surface area contributed by atoms with Crippen molar-refractivity contribution in [3.05, 3.63) is 53.9 Å². The monoisotopic (exact) mass is 438 g/mol. The number of rotatable bonds is 6. The summed E-state index contributed by atoms with van der Waals surface area (Å²) in [6.45, 7) is -2.27. The molecule has 0 spiro atoms. The van der Waals surface area contributed by atoms with Gasteiger partial charge in [0.1, 0.15) is 5.69 Å². The SMILES string of the molecule is Nc1ccccc1NC(=O)c1ccc(C(=O)NCC(F)(F)C(F)(F)C(F)(F)F)cn1. The third-order valence-electron chi connectivity index (χ3n) is 3.75.